The van der Waals surface area contributed by atoms with Gasteiger partial charge in [0.05, 0.1) is 24.5 Å². The van der Waals surface area contributed by atoms with Gasteiger partial charge in [-0.25, -0.2) is 19.3 Å². The van der Waals surface area contributed by atoms with Crippen LogP contribution in [0.2, 0.25) is 0 Å². The Morgan fingerprint density at radius 1 is 1.10 bits per heavy atom. The Balaban J connectivity index is 2.05. The Labute approximate surface area is 183 Å². The molecule has 9 heteroatoms. The molecule has 0 atom stereocenters. The number of hydrogen-bond acceptors (Lipinski definition) is 7. The van der Waals surface area contributed by atoms with Crippen LogP contribution < -0.4 is 5.56 Å². The molecule has 2 aromatic heterocycles. The van der Waals surface area contributed by atoms with Gasteiger partial charge in [0.2, 0.25) is 0 Å². The monoisotopic (exact) mass is 441 g/mol. The number of thiophene rings is 1. The van der Waals surface area contributed by atoms with Crippen molar-refractivity contribution in [2.24, 2.45) is 4.99 Å². The van der Waals surface area contributed by atoms with Crippen LogP contribution in [0, 0.1) is 13.8 Å². The minimum Gasteiger partial charge on any atom is -0.462 e. The number of esters is 2. The molecule has 31 heavy (non-hydrogen) atoms. The molecule has 0 aliphatic carbocycles. The van der Waals surface area contributed by atoms with Gasteiger partial charge in [-0.1, -0.05) is 18.2 Å². The highest BCUT2D eigenvalue weighted by molar-refractivity contribution is 7.18. The predicted molar refractivity (Wildman–Crippen MR) is 119 cm³/mol. The van der Waals surface area contributed by atoms with E-state index in [4.69, 9.17) is 9.47 Å². The van der Waals surface area contributed by atoms with E-state index in [0.29, 0.717) is 22.5 Å². The van der Waals surface area contributed by atoms with E-state index in [1.165, 1.54) is 10.9 Å². The number of rotatable bonds is 7. The van der Waals surface area contributed by atoms with Crippen LogP contribution in [0.25, 0.3) is 5.69 Å². The summed E-state index contributed by atoms with van der Waals surface area (Å²) in [4.78, 5) is 42.3. The lowest BCUT2D eigenvalue weighted by Crippen LogP contribution is -2.17. The summed E-state index contributed by atoms with van der Waals surface area (Å²) in [5.74, 6) is -1.10. The highest BCUT2D eigenvalue weighted by Gasteiger charge is 2.26. The molecule has 0 aliphatic rings. The van der Waals surface area contributed by atoms with Gasteiger partial charge in [0.15, 0.2) is 0 Å². The number of aryl methyl sites for hydroxylation is 1. The quantitative estimate of drug-likeness (QED) is 0.442. The third kappa shape index (κ3) is 4.51. The summed E-state index contributed by atoms with van der Waals surface area (Å²) < 4.78 is 11.6. The van der Waals surface area contributed by atoms with Crippen molar-refractivity contribution in [3.63, 3.8) is 0 Å². The largest absolute Gasteiger partial charge is 0.462 e. The zero-order valence-electron chi connectivity index (χ0n) is 17.7. The van der Waals surface area contributed by atoms with Crippen molar-refractivity contribution < 1.29 is 19.1 Å². The fourth-order valence-electron chi connectivity index (χ4n) is 3.02. The molecule has 0 spiro atoms. The second-order valence-corrected chi connectivity index (χ2v) is 7.56. The summed E-state index contributed by atoms with van der Waals surface area (Å²) in [5, 5.41) is 3.31. The molecule has 3 aromatic rings. The molecule has 1 N–H and O–H groups in total. The predicted octanol–water partition coefficient (Wildman–Crippen LogP) is 3.95. The van der Waals surface area contributed by atoms with E-state index < -0.39 is 11.9 Å². The van der Waals surface area contributed by atoms with E-state index in [-0.39, 0.29) is 34.2 Å². The molecular formula is C22H23N3O5S. The van der Waals surface area contributed by atoms with Crippen LogP contribution in [0.3, 0.4) is 0 Å². The first-order valence-corrected chi connectivity index (χ1v) is 10.6. The molecule has 0 bridgehead atoms. The number of carbonyl (C=O) groups excluding carboxylic acids is 2. The molecular weight excluding hydrogens is 418 g/mol. The van der Waals surface area contributed by atoms with E-state index in [0.717, 1.165) is 11.3 Å². The molecule has 0 fully saturated rings. The third-order valence-corrected chi connectivity index (χ3v) is 5.69. The Morgan fingerprint density at radius 2 is 1.74 bits per heavy atom. The van der Waals surface area contributed by atoms with Crippen LogP contribution in [0.4, 0.5) is 5.00 Å². The molecule has 0 aliphatic heterocycles. The van der Waals surface area contributed by atoms with Gasteiger partial charge in [0.1, 0.15) is 15.4 Å². The summed E-state index contributed by atoms with van der Waals surface area (Å²) in [7, 11) is 0. The SMILES string of the molecule is CCOC(=O)c1sc(N=Cc2c(C)[nH]n(-c3ccccc3)c2=O)c(C(=O)OCC)c1C. The summed E-state index contributed by atoms with van der Waals surface area (Å²) >= 11 is 1.03. The van der Waals surface area contributed by atoms with Crippen molar-refractivity contribution >= 4 is 34.5 Å². The number of benzene rings is 1. The summed E-state index contributed by atoms with van der Waals surface area (Å²) in [5.41, 5.74) is 2.03. The number of ether oxygens (including phenoxy) is 2. The maximum Gasteiger partial charge on any atom is 0.348 e. The third-order valence-electron chi connectivity index (χ3n) is 4.51. The van der Waals surface area contributed by atoms with E-state index in [1.54, 1.807) is 27.7 Å². The molecule has 0 unspecified atom stereocenters. The number of aromatic nitrogens is 2. The van der Waals surface area contributed by atoms with Crippen LogP contribution in [0.15, 0.2) is 40.1 Å². The van der Waals surface area contributed by atoms with Gasteiger partial charge in [0.25, 0.3) is 5.56 Å². The van der Waals surface area contributed by atoms with Gasteiger partial charge in [-0.05, 0) is 45.4 Å². The van der Waals surface area contributed by atoms with Crippen LogP contribution in [0.5, 0.6) is 0 Å². The fraction of sp³-hybridized carbons (Fsp3) is 0.273. The average Bonchev–Trinajstić information content (AvgIpc) is 3.23. The van der Waals surface area contributed by atoms with Crippen molar-refractivity contribution in [3.05, 3.63) is 67.9 Å². The Bertz CT molecular complexity index is 1190. The van der Waals surface area contributed by atoms with Crippen molar-refractivity contribution in [1.82, 2.24) is 9.78 Å². The number of carbonyl (C=O) groups is 2. The van der Waals surface area contributed by atoms with E-state index in [1.807, 2.05) is 30.3 Å². The second kappa shape index (κ2) is 9.57. The average molecular weight is 442 g/mol. The molecule has 3 rings (SSSR count). The zero-order chi connectivity index (χ0) is 22.5. The van der Waals surface area contributed by atoms with Crippen LogP contribution in [-0.2, 0) is 9.47 Å². The normalized spacial score (nSPS) is 11.1. The number of nitrogens with one attached hydrogen (secondary N) is 1. The molecule has 1 aromatic carbocycles. The summed E-state index contributed by atoms with van der Waals surface area (Å²) in [6.45, 7) is 7.22. The maximum atomic E-state index is 12.9. The van der Waals surface area contributed by atoms with Gasteiger partial charge in [-0.2, -0.15) is 0 Å². The first kappa shape index (κ1) is 22.2. The Morgan fingerprint density at radius 3 is 2.39 bits per heavy atom. The topological polar surface area (TPSA) is 103 Å². The highest BCUT2D eigenvalue weighted by atomic mass is 32.1. The second-order valence-electron chi connectivity index (χ2n) is 6.56. The van der Waals surface area contributed by atoms with E-state index in [2.05, 4.69) is 10.1 Å². The maximum absolute atomic E-state index is 12.9. The standard InChI is InChI=1S/C22H23N3O5S/c1-5-29-21(27)17-13(3)18(22(28)30-6-2)31-19(17)23-12-16-14(4)24-25(20(16)26)15-10-8-7-9-11-15/h7-12,24H,5-6H2,1-4H3. The van der Waals surface area contributed by atoms with Crippen molar-refractivity contribution in [2.45, 2.75) is 27.7 Å². The lowest BCUT2D eigenvalue weighted by atomic mass is 10.1. The van der Waals surface area contributed by atoms with Crippen LogP contribution >= 0.6 is 11.3 Å². The molecule has 0 amide bonds. The van der Waals surface area contributed by atoms with Crippen molar-refractivity contribution in [2.75, 3.05) is 13.2 Å². The minimum atomic E-state index is -0.577. The molecule has 0 saturated heterocycles. The van der Waals surface area contributed by atoms with Crippen molar-refractivity contribution in [3.8, 4) is 5.69 Å². The lowest BCUT2D eigenvalue weighted by molar-refractivity contribution is 0.0527. The van der Waals surface area contributed by atoms with Gasteiger partial charge in [-0.3, -0.25) is 9.89 Å². The Hall–Kier alpha value is -3.46. The van der Waals surface area contributed by atoms with Gasteiger partial charge in [0, 0.05) is 11.9 Å². The lowest BCUT2D eigenvalue weighted by Gasteiger charge is -2.03. The Kier molecular flexibility index (Phi) is 6.86. The molecule has 0 radical (unpaired) electrons. The summed E-state index contributed by atoms with van der Waals surface area (Å²) in [6, 6.07) is 9.16. The number of nitrogens with zero attached hydrogens (tertiary/aromatic N) is 2. The number of para-hydroxylation sites is 1. The highest BCUT2D eigenvalue weighted by Crippen LogP contribution is 2.36. The number of hydrogen-bond donors (Lipinski definition) is 1. The molecule has 2 heterocycles. The minimum absolute atomic E-state index is 0.185. The van der Waals surface area contributed by atoms with Crippen molar-refractivity contribution in [1.29, 1.82) is 0 Å². The van der Waals surface area contributed by atoms with E-state index >= 15 is 0 Å². The molecule has 162 valence electrons. The summed E-state index contributed by atoms with van der Waals surface area (Å²) in [6.07, 6.45) is 1.40. The number of H-pyrrole nitrogens is 1. The first-order valence-electron chi connectivity index (χ1n) is 9.77. The van der Waals surface area contributed by atoms with Crippen LogP contribution in [0.1, 0.15) is 50.7 Å². The number of aromatic amines is 1. The smallest absolute Gasteiger partial charge is 0.348 e. The number of aliphatic imine (C=N–C) groups is 1. The zero-order valence-corrected chi connectivity index (χ0v) is 18.5. The first-order chi connectivity index (χ1) is 14.9. The van der Waals surface area contributed by atoms with Gasteiger partial charge >= 0.3 is 11.9 Å². The fourth-order valence-corrected chi connectivity index (χ4v) is 4.05. The van der Waals surface area contributed by atoms with Crippen LogP contribution in [-0.4, -0.2) is 41.1 Å². The van der Waals surface area contributed by atoms with Gasteiger partial charge < -0.3 is 9.47 Å². The van der Waals surface area contributed by atoms with Gasteiger partial charge in [-0.15, -0.1) is 11.3 Å². The molecule has 8 nitrogen and oxygen atoms in total. The van der Waals surface area contributed by atoms with E-state index in [9.17, 15) is 14.4 Å². The molecule has 0 saturated carbocycles.